The summed E-state index contributed by atoms with van der Waals surface area (Å²) in [6, 6.07) is 3.77. The number of carboxylic acid groups (broad SMARTS) is 1. The number of halogens is 2. The van der Waals surface area contributed by atoms with Gasteiger partial charge in [0.1, 0.15) is 11.9 Å². The fraction of sp³-hybridized carbons (Fsp3) is 0.385. The highest BCUT2D eigenvalue weighted by molar-refractivity contribution is 9.10. The topological polar surface area (TPSA) is 69.6 Å². The van der Waals surface area contributed by atoms with Gasteiger partial charge in [0.05, 0.1) is 6.42 Å². The van der Waals surface area contributed by atoms with Crippen molar-refractivity contribution >= 4 is 27.8 Å². The summed E-state index contributed by atoms with van der Waals surface area (Å²) < 4.78 is 14.0. The number of carbonyl (C=O) groups is 2. The summed E-state index contributed by atoms with van der Waals surface area (Å²) >= 11 is 3.21. The van der Waals surface area contributed by atoms with Crippen LogP contribution in [0, 0.1) is 5.82 Å². The normalized spacial score (nSPS) is 19.7. The van der Waals surface area contributed by atoms with Crippen LogP contribution in [0.1, 0.15) is 12.0 Å². The molecule has 0 aliphatic carbocycles. The van der Waals surface area contributed by atoms with Crippen LogP contribution in [0.15, 0.2) is 22.7 Å². The molecule has 1 fully saturated rings. The molecule has 1 aliphatic heterocycles. The predicted molar refractivity (Wildman–Crippen MR) is 73.6 cm³/mol. The quantitative estimate of drug-likeness (QED) is 0.865. The summed E-state index contributed by atoms with van der Waals surface area (Å²) in [5.41, 5.74) is 0.696. The van der Waals surface area contributed by atoms with Gasteiger partial charge in [0.15, 0.2) is 0 Å². The lowest BCUT2D eigenvalue weighted by atomic mass is 10.1. The van der Waals surface area contributed by atoms with Crippen molar-refractivity contribution < 1.29 is 19.1 Å². The molecule has 1 aromatic carbocycles. The van der Waals surface area contributed by atoms with E-state index in [1.807, 2.05) is 0 Å². The van der Waals surface area contributed by atoms with E-state index in [0.717, 1.165) is 0 Å². The number of nitrogens with one attached hydrogen (secondary N) is 1. The monoisotopic (exact) mass is 344 g/mol. The minimum Gasteiger partial charge on any atom is -0.481 e. The Bertz CT molecular complexity index is 518. The number of benzene rings is 1. The smallest absolute Gasteiger partial charge is 0.305 e. The number of aliphatic carboxylic acids is 1. The first-order valence-corrected chi connectivity index (χ1v) is 6.93. The van der Waals surface area contributed by atoms with E-state index in [1.165, 1.54) is 12.1 Å². The number of piperazine rings is 1. The number of carbonyl (C=O) groups excluding carboxylic acids is 1. The van der Waals surface area contributed by atoms with E-state index >= 15 is 0 Å². The predicted octanol–water partition coefficient (Wildman–Crippen LogP) is 1.36. The van der Waals surface area contributed by atoms with Crippen LogP contribution in [0.4, 0.5) is 4.39 Å². The molecule has 1 heterocycles. The maximum atomic E-state index is 13.3. The molecule has 0 bridgehead atoms. The molecule has 1 amide bonds. The number of hydrogen-bond acceptors (Lipinski definition) is 3. The van der Waals surface area contributed by atoms with E-state index in [4.69, 9.17) is 5.11 Å². The van der Waals surface area contributed by atoms with Crippen LogP contribution < -0.4 is 5.32 Å². The standard InChI is InChI=1S/C13H14BrFN2O3/c14-9-3-8(4-10(15)5-9)7-17-2-1-16-13(20)11(17)6-12(18)19/h3-5,11H,1-2,6-7H2,(H,16,20)(H,18,19). The second kappa shape index (κ2) is 6.32. The summed E-state index contributed by atoms with van der Waals surface area (Å²) in [5, 5.41) is 11.5. The van der Waals surface area contributed by atoms with Crippen molar-refractivity contribution in [3.63, 3.8) is 0 Å². The largest absolute Gasteiger partial charge is 0.481 e. The maximum Gasteiger partial charge on any atom is 0.305 e. The first kappa shape index (κ1) is 14.9. The van der Waals surface area contributed by atoms with Crippen LogP contribution >= 0.6 is 15.9 Å². The fourth-order valence-corrected chi connectivity index (χ4v) is 2.79. The van der Waals surface area contributed by atoms with Crippen molar-refractivity contribution in [3.8, 4) is 0 Å². The van der Waals surface area contributed by atoms with Gasteiger partial charge in [0, 0.05) is 24.1 Å². The molecule has 1 unspecified atom stereocenters. The lowest BCUT2D eigenvalue weighted by Crippen LogP contribution is -2.55. The first-order valence-electron chi connectivity index (χ1n) is 6.14. The van der Waals surface area contributed by atoms with Crippen molar-refractivity contribution in [1.29, 1.82) is 0 Å². The highest BCUT2D eigenvalue weighted by atomic mass is 79.9. The van der Waals surface area contributed by atoms with Gasteiger partial charge in [-0.15, -0.1) is 0 Å². The molecular formula is C13H14BrFN2O3. The van der Waals surface area contributed by atoms with E-state index in [9.17, 15) is 14.0 Å². The van der Waals surface area contributed by atoms with Gasteiger partial charge < -0.3 is 10.4 Å². The minimum atomic E-state index is -1.03. The zero-order valence-electron chi connectivity index (χ0n) is 10.6. The van der Waals surface area contributed by atoms with Gasteiger partial charge in [-0.1, -0.05) is 15.9 Å². The van der Waals surface area contributed by atoms with Crippen molar-refractivity contribution in [3.05, 3.63) is 34.1 Å². The van der Waals surface area contributed by atoms with Gasteiger partial charge in [-0.3, -0.25) is 14.5 Å². The summed E-state index contributed by atoms with van der Waals surface area (Å²) in [7, 11) is 0. The minimum absolute atomic E-state index is 0.262. The second-order valence-electron chi connectivity index (χ2n) is 4.65. The lowest BCUT2D eigenvalue weighted by molar-refractivity contribution is -0.143. The van der Waals surface area contributed by atoms with E-state index in [0.29, 0.717) is 29.7 Å². The second-order valence-corrected chi connectivity index (χ2v) is 5.57. The molecule has 2 N–H and O–H groups in total. The Morgan fingerprint density at radius 1 is 1.50 bits per heavy atom. The van der Waals surface area contributed by atoms with E-state index in [2.05, 4.69) is 21.2 Å². The molecule has 1 atom stereocenters. The highest BCUT2D eigenvalue weighted by Gasteiger charge is 2.31. The molecule has 108 valence electrons. The molecule has 1 aliphatic rings. The van der Waals surface area contributed by atoms with Crippen LogP contribution in [-0.4, -0.2) is 41.0 Å². The Morgan fingerprint density at radius 2 is 2.25 bits per heavy atom. The summed E-state index contributed by atoms with van der Waals surface area (Å²) in [4.78, 5) is 24.4. The molecule has 0 spiro atoms. The average molecular weight is 345 g/mol. The van der Waals surface area contributed by atoms with Crippen molar-refractivity contribution in [2.45, 2.75) is 19.0 Å². The van der Waals surface area contributed by atoms with Crippen LogP contribution in [0.3, 0.4) is 0 Å². The zero-order valence-corrected chi connectivity index (χ0v) is 12.2. The van der Waals surface area contributed by atoms with E-state index in [1.54, 1.807) is 11.0 Å². The lowest BCUT2D eigenvalue weighted by Gasteiger charge is -2.34. The van der Waals surface area contributed by atoms with Gasteiger partial charge >= 0.3 is 5.97 Å². The summed E-state index contributed by atoms with van der Waals surface area (Å²) in [6.45, 7) is 1.34. The van der Waals surface area contributed by atoms with E-state index < -0.39 is 12.0 Å². The van der Waals surface area contributed by atoms with Crippen LogP contribution in [0.5, 0.6) is 0 Å². The van der Waals surface area contributed by atoms with Crippen molar-refractivity contribution in [1.82, 2.24) is 10.2 Å². The molecule has 0 aromatic heterocycles. The Balaban J connectivity index is 2.16. The Hall–Kier alpha value is -1.47. The Morgan fingerprint density at radius 3 is 2.90 bits per heavy atom. The fourth-order valence-electron chi connectivity index (χ4n) is 2.28. The average Bonchev–Trinajstić information content (AvgIpc) is 2.32. The number of rotatable bonds is 4. The van der Waals surface area contributed by atoms with Crippen LogP contribution in [0.25, 0.3) is 0 Å². The molecular weight excluding hydrogens is 331 g/mol. The van der Waals surface area contributed by atoms with Crippen LogP contribution in [0.2, 0.25) is 0 Å². The number of nitrogens with zero attached hydrogens (tertiary/aromatic N) is 1. The number of hydrogen-bond donors (Lipinski definition) is 2. The molecule has 7 heteroatoms. The van der Waals surface area contributed by atoms with Gasteiger partial charge in [-0.2, -0.15) is 0 Å². The van der Waals surface area contributed by atoms with Crippen LogP contribution in [-0.2, 0) is 16.1 Å². The van der Waals surface area contributed by atoms with Gasteiger partial charge in [-0.05, 0) is 23.8 Å². The third kappa shape index (κ3) is 3.77. The maximum absolute atomic E-state index is 13.3. The summed E-state index contributed by atoms with van der Waals surface area (Å²) in [5.74, 6) is -1.70. The van der Waals surface area contributed by atoms with Gasteiger partial charge in [-0.25, -0.2) is 4.39 Å². The van der Waals surface area contributed by atoms with Gasteiger partial charge in [0.25, 0.3) is 0 Å². The third-order valence-corrected chi connectivity index (χ3v) is 3.58. The SMILES string of the molecule is O=C(O)CC1C(=O)NCCN1Cc1cc(F)cc(Br)c1. The summed E-state index contributed by atoms with van der Waals surface area (Å²) in [6.07, 6.45) is -0.262. The third-order valence-electron chi connectivity index (χ3n) is 3.12. The molecule has 1 saturated heterocycles. The molecule has 1 aromatic rings. The highest BCUT2D eigenvalue weighted by Crippen LogP contribution is 2.19. The Kier molecular flexibility index (Phi) is 4.72. The molecule has 2 rings (SSSR count). The molecule has 0 saturated carbocycles. The first-order chi connectivity index (χ1) is 9.45. The molecule has 5 nitrogen and oxygen atoms in total. The van der Waals surface area contributed by atoms with Crippen molar-refractivity contribution in [2.24, 2.45) is 0 Å². The molecule has 0 radical (unpaired) electrons. The molecule has 20 heavy (non-hydrogen) atoms. The zero-order chi connectivity index (χ0) is 14.7. The van der Waals surface area contributed by atoms with Crippen molar-refractivity contribution in [2.75, 3.05) is 13.1 Å². The number of carboxylic acids is 1. The Labute approximate surface area is 123 Å². The van der Waals surface area contributed by atoms with E-state index in [-0.39, 0.29) is 18.1 Å². The number of amides is 1. The van der Waals surface area contributed by atoms with Gasteiger partial charge in [0.2, 0.25) is 5.91 Å².